The van der Waals surface area contributed by atoms with E-state index in [1.54, 1.807) is 12.4 Å². The third-order valence-electron chi connectivity index (χ3n) is 3.34. The number of nitrogens with two attached hydrogens (primary N) is 1. The van der Waals surface area contributed by atoms with Crippen LogP contribution in [0.25, 0.3) is 27.8 Å². The van der Waals surface area contributed by atoms with Crippen LogP contribution in [0.15, 0.2) is 53.3 Å². The van der Waals surface area contributed by atoms with Gasteiger partial charge in [-0.2, -0.15) is 0 Å². The van der Waals surface area contributed by atoms with Crippen molar-refractivity contribution in [3.05, 3.63) is 53.3 Å². The van der Waals surface area contributed by atoms with E-state index in [4.69, 9.17) is 5.73 Å². The van der Waals surface area contributed by atoms with Gasteiger partial charge in [0.1, 0.15) is 5.52 Å². The number of para-hydroxylation sites is 1. The second kappa shape index (κ2) is 4.53. The molecule has 0 aliphatic heterocycles. The van der Waals surface area contributed by atoms with Gasteiger partial charge in [0.15, 0.2) is 5.65 Å². The second-order valence-electron chi connectivity index (χ2n) is 4.65. The molecule has 4 rings (SSSR count). The lowest BCUT2D eigenvalue weighted by Gasteiger charge is -2.08. The van der Waals surface area contributed by atoms with Crippen molar-refractivity contribution in [3.8, 4) is 5.69 Å². The van der Waals surface area contributed by atoms with Gasteiger partial charge in [-0.3, -0.25) is 9.55 Å². The second-order valence-corrected chi connectivity index (χ2v) is 5.57. The average Bonchev–Trinajstić information content (AvgIpc) is 2.81. The summed E-state index contributed by atoms with van der Waals surface area (Å²) < 4.78 is 2.70. The van der Waals surface area contributed by atoms with Gasteiger partial charge in [-0.15, -0.1) is 0 Å². The maximum absolute atomic E-state index is 6.10. The quantitative estimate of drug-likeness (QED) is 0.577. The first-order valence-corrected chi connectivity index (χ1v) is 7.17. The standard InChI is InChI=1S/C15H10BrN5/c16-10-7-11-14(19-8-10)21(15(17)20-11)12-5-1-3-9-4-2-6-18-13(9)12/h1-8H,(H2,17,20). The highest BCUT2D eigenvalue weighted by atomic mass is 79.9. The van der Waals surface area contributed by atoms with Crippen molar-refractivity contribution >= 4 is 43.9 Å². The minimum absolute atomic E-state index is 0.397. The topological polar surface area (TPSA) is 69.6 Å². The molecule has 0 saturated carbocycles. The Morgan fingerprint density at radius 1 is 1.10 bits per heavy atom. The maximum Gasteiger partial charge on any atom is 0.207 e. The smallest absolute Gasteiger partial charge is 0.207 e. The highest BCUT2D eigenvalue weighted by molar-refractivity contribution is 9.10. The number of hydrogen-bond acceptors (Lipinski definition) is 4. The normalized spacial score (nSPS) is 11.3. The summed E-state index contributed by atoms with van der Waals surface area (Å²) in [5.74, 6) is 0.397. The number of hydrogen-bond donors (Lipinski definition) is 1. The minimum atomic E-state index is 0.397. The third-order valence-corrected chi connectivity index (χ3v) is 3.78. The molecule has 21 heavy (non-hydrogen) atoms. The van der Waals surface area contributed by atoms with Gasteiger partial charge in [-0.25, -0.2) is 9.97 Å². The van der Waals surface area contributed by atoms with Crippen LogP contribution in [0.5, 0.6) is 0 Å². The largest absolute Gasteiger partial charge is 0.369 e. The molecule has 1 aromatic carbocycles. The van der Waals surface area contributed by atoms with Gasteiger partial charge in [0, 0.05) is 22.3 Å². The van der Waals surface area contributed by atoms with Gasteiger partial charge in [-0.05, 0) is 34.1 Å². The number of fused-ring (bicyclic) bond motifs is 2. The Kier molecular flexibility index (Phi) is 2.65. The van der Waals surface area contributed by atoms with E-state index in [2.05, 4.69) is 30.9 Å². The molecule has 0 radical (unpaired) electrons. The fraction of sp³-hybridized carbons (Fsp3) is 0. The number of nitrogens with zero attached hydrogens (tertiary/aromatic N) is 4. The minimum Gasteiger partial charge on any atom is -0.369 e. The zero-order chi connectivity index (χ0) is 14.4. The first-order chi connectivity index (χ1) is 10.2. The summed E-state index contributed by atoms with van der Waals surface area (Å²) in [5.41, 5.74) is 9.31. The van der Waals surface area contributed by atoms with Crippen molar-refractivity contribution in [2.24, 2.45) is 0 Å². The van der Waals surface area contributed by atoms with Crippen molar-refractivity contribution in [2.45, 2.75) is 0 Å². The average molecular weight is 340 g/mol. The van der Waals surface area contributed by atoms with Crippen LogP contribution in [0.3, 0.4) is 0 Å². The SMILES string of the molecule is Nc1nc2cc(Br)cnc2n1-c1cccc2cccnc12. The Bertz CT molecular complexity index is 971. The van der Waals surface area contributed by atoms with E-state index < -0.39 is 0 Å². The molecule has 0 aliphatic rings. The molecule has 3 heterocycles. The monoisotopic (exact) mass is 339 g/mol. The number of nitrogen functional groups attached to an aromatic ring is 1. The predicted octanol–water partition coefficient (Wildman–Crippen LogP) is 3.31. The van der Waals surface area contributed by atoms with E-state index in [0.29, 0.717) is 11.6 Å². The van der Waals surface area contributed by atoms with Crippen molar-refractivity contribution in [3.63, 3.8) is 0 Å². The van der Waals surface area contributed by atoms with Crippen LogP contribution in [-0.2, 0) is 0 Å². The summed E-state index contributed by atoms with van der Waals surface area (Å²) in [6.07, 6.45) is 3.50. The van der Waals surface area contributed by atoms with Crippen LogP contribution >= 0.6 is 15.9 Å². The van der Waals surface area contributed by atoms with Crippen LogP contribution < -0.4 is 5.73 Å². The highest BCUT2D eigenvalue weighted by Crippen LogP contribution is 2.27. The fourth-order valence-electron chi connectivity index (χ4n) is 2.46. The lowest BCUT2D eigenvalue weighted by molar-refractivity contribution is 1.09. The molecule has 0 fully saturated rings. The van der Waals surface area contributed by atoms with E-state index >= 15 is 0 Å². The summed E-state index contributed by atoms with van der Waals surface area (Å²) in [7, 11) is 0. The number of imidazole rings is 1. The maximum atomic E-state index is 6.10. The lowest BCUT2D eigenvalue weighted by Crippen LogP contribution is -2.02. The van der Waals surface area contributed by atoms with Crippen LogP contribution in [-0.4, -0.2) is 19.5 Å². The van der Waals surface area contributed by atoms with E-state index in [1.165, 1.54) is 0 Å². The number of anilines is 1. The van der Waals surface area contributed by atoms with E-state index in [0.717, 1.165) is 26.6 Å². The molecule has 102 valence electrons. The van der Waals surface area contributed by atoms with Crippen molar-refractivity contribution in [1.82, 2.24) is 19.5 Å². The van der Waals surface area contributed by atoms with Gasteiger partial charge in [0.25, 0.3) is 0 Å². The third kappa shape index (κ3) is 1.87. The van der Waals surface area contributed by atoms with Crippen LogP contribution in [0, 0.1) is 0 Å². The van der Waals surface area contributed by atoms with Gasteiger partial charge >= 0.3 is 0 Å². The van der Waals surface area contributed by atoms with Crippen LogP contribution in [0.4, 0.5) is 5.95 Å². The highest BCUT2D eigenvalue weighted by Gasteiger charge is 2.14. The van der Waals surface area contributed by atoms with Gasteiger partial charge < -0.3 is 5.73 Å². The fourth-order valence-corrected chi connectivity index (χ4v) is 2.78. The Hall–Kier alpha value is -2.47. The number of benzene rings is 1. The summed E-state index contributed by atoms with van der Waals surface area (Å²) in [6, 6.07) is 11.8. The molecule has 6 heteroatoms. The first kappa shape index (κ1) is 12.3. The molecule has 0 atom stereocenters. The van der Waals surface area contributed by atoms with Crippen LogP contribution in [0.1, 0.15) is 0 Å². The molecule has 4 aromatic rings. The first-order valence-electron chi connectivity index (χ1n) is 6.37. The molecule has 5 nitrogen and oxygen atoms in total. The predicted molar refractivity (Wildman–Crippen MR) is 86.3 cm³/mol. The zero-order valence-electron chi connectivity index (χ0n) is 10.9. The lowest BCUT2D eigenvalue weighted by atomic mass is 10.2. The Morgan fingerprint density at radius 2 is 1.95 bits per heavy atom. The number of rotatable bonds is 1. The van der Waals surface area contributed by atoms with E-state index in [9.17, 15) is 0 Å². The molecule has 0 spiro atoms. The molecule has 2 N–H and O–H groups in total. The number of pyridine rings is 2. The Morgan fingerprint density at radius 3 is 2.86 bits per heavy atom. The van der Waals surface area contributed by atoms with Crippen molar-refractivity contribution in [1.29, 1.82) is 0 Å². The molecular weight excluding hydrogens is 330 g/mol. The summed E-state index contributed by atoms with van der Waals surface area (Å²) in [6.45, 7) is 0. The molecule has 0 unspecified atom stereocenters. The van der Waals surface area contributed by atoms with Gasteiger partial charge in [0.2, 0.25) is 5.95 Å². The molecule has 0 amide bonds. The van der Waals surface area contributed by atoms with Gasteiger partial charge in [0.05, 0.1) is 11.2 Å². The molecule has 0 aliphatic carbocycles. The summed E-state index contributed by atoms with van der Waals surface area (Å²) >= 11 is 3.40. The van der Waals surface area contributed by atoms with Crippen LogP contribution in [0.2, 0.25) is 0 Å². The molecule has 0 bridgehead atoms. The Balaban J connectivity index is 2.11. The van der Waals surface area contributed by atoms with E-state index in [-0.39, 0.29) is 0 Å². The number of aromatic nitrogens is 4. The molecule has 0 saturated heterocycles. The molecular formula is C15H10BrN5. The van der Waals surface area contributed by atoms with Crippen molar-refractivity contribution in [2.75, 3.05) is 5.73 Å². The molecule has 3 aromatic heterocycles. The van der Waals surface area contributed by atoms with E-state index in [1.807, 2.05) is 41.0 Å². The zero-order valence-corrected chi connectivity index (χ0v) is 12.4. The number of halogens is 1. The summed E-state index contributed by atoms with van der Waals surface area (Å²) in [4.78, 5) is 13.3. The van der Waals surface area contributed by atoms with Gasteiger partial charge in [-0.1, -0.05) is 18.2 Å². The summed E-state index contributed by atoms with van der Waals surface area (Å²) in [5, 5.41) is 1.05. The Labute approximate surface area is 128 Å². The van der Waals surface area contributed by atoms with Crippen molar-refractivity contribution < 1.29 is 0 Å².